The van der Waals surface area contributed by atoms with Gasteiger partial charge >= 0.3 is 0 Å². The van der Waals surface area contributed by atoms with E-state index in [1.807, 2.05) is 0 Å². The third kappa shape index (κ3) is 16.3. The molecule has 0 aromatic carbocycles. The van der Waals surface area contributed by atoms with Gasteiger partial charge in [0, 0.05) is 6.61 Å². The molecule has 0 aromatic rings. The van der Waals surface area contributed by atoms with E-state index in [2.05, 4.69) is 40.7 Å². The smallest absolute Gasteiger partial charge is 0.0433 e. The van der Waals surface area contributed by atoms with Crippen LogP contribution in [0.3, 0.4) is 0 Å². The van der Waals surface area contributed by atoms with E-state index in [-0.39, 0.29) is 0 Å². The molecule has 2 atom stereocenters. The standard InChI is InChI=1S/C22H44O/c1-19(2)11-8-13-21(4)15-10-17-22(5)16-9-14-20(3)12-6-7-18-23/h12,19,21-23H,6-11,13-18H2,1-5H3/b20-12+. The van der Waals surface area contributed by atoms with Crippen molar-refractivity contribution in [3.63, 3.8) is 0 Å². The van der Waals surface area contributed by atoms with E-state index in [1.165, 1.54) is 63.4 Å². The molecule has 0 heterocycles. The van der Waals surface area contributed by atoms with Crippen molar-refractivity contribution in [1.29, 1.82) is 0 Å². The highest BCUT2D eigenvalue weighted by Crippen LogP contribution is 2.22. The molecule has 0 bridgehead atoms. The van der Waals surface area contributed by atoms with Crippen LogP contribution in [0.2, 0.25) is 0 Å². The maximum atomic E-state index is 8.79. The fourth-order valence-electron chi connectivity index (χ4n) is 3.25. The Labute approximate surface area is 147 Å². The summed E-state index contributed by atoms with van der Waals surface area (Å²) in [5, 5.41) is 8.79. The quantitative estimate of drug-likeness (QED) is 0.250. The topological polar surface area (TPSA) is 20.2 Å². The number of aliphatic hydroxyl groups excluding tert-OH is 1. The lowest BCUT2D eigenvalue weighted by Crippen LogP contribution is -2.00. The van der Waals surface area contributed by atoms with Crippen LogP contribution in [-0.4, -0.2) is 11.7 Å². The van der Waals surface area contributed by atoms with E-state index in [1.54, 1.807) is 0 Å². The maximum absolute atomic E-state index is 8.79. The van der Waals surface area contributed by atoms with Gasteiger partial charge in [0.15, 0.2) is 0 Å². The molecule has 1 nitrogen and oxygen atoms in total. The number of allylic oxidation sites excluding steroid dienone is 2. The summed E-state index contributed by atoms with van der Waals surface area (Å²) < 4.78 is 0. The van der Waals surface area contributed by atoms with Gasteiger partial charge in [-0.1, -0.05) is 84.3 Å². The minimum absolute atomic E-state index is 0.316. The molecule has 0 aliphatic rings. The summed E-state index contributed by atoms with van der Waals surface area (Å²) in [6, 6.07) is 0. The van der Waals surface area contributed by atoms with Crippen molar-refractivity contribution in [2.45, 2.75) is 105 Å². The van der Waals surface area contributed by atoms with Gasteiger partial charge in [-0.25, -0.2) is 0 Å². The maximum Gasteiger partial charge on any atom is 0.0433 e. The fraction of sp³-hybridized carbons (Fsp3) is 0.909. The molecule has 0 rings (SSSR count). The average molecular weight is 325 g/mol. The summed E-state index contributed by atoms with van der Waals surface area (Å²) in [5.74, 6) is 2.66. The molecule has 0 fully saturated rings. The lowest BCUT2D eigenvalue weighted by molar-refractivity contribution is 0.289. The fourth-order valence-corrected chi connectivity index (χ4v) is 3.25. The molecular weight excluding hydrogens is 280 g/mol. The SMILES string of the molecule is C/C(=C\CCCO)CCCC(C)CCCC(C)CCCC(C)C. The van der Waals surface area contributed by atoms with Gasteiger partial charge in [-0.3, -0.25) is 0 Å². The highest BCUT2D eigenvalue weighted by atomic mass is 16.2. The number of hydrogen-bond donors (Lipinski definition) is 1. The van der Waals surface area contributed by atoms with E-state index < -0.39 is 0 Å². The number of aliphatic hydroxyl groups is 1. The summed E-state index contributed by atoms with van der Waals surface area (Å²) in [7, 11) is 0. The molecule has 138 valence electrons. The summed E-state index contributed by atoms with van der Waals surface area (Å²) in [4.78, 5) is 0. The first kappa shape index (κ1) is 22.7. The summed E-state index contributed by atoms with van der Waals surface area (Å²) in [5.41, 5.74) is 1.50. The largest absolute Gasteiger partial charge is 0.396 e. The lowest BCUT2D eigenvalue weighted by atomic mass is 9.91. The van der Waals surface area contributed by atoms with Gasteiger partial charge in [0.2, 0.25) is 0 Å². The Morgan fingerprint density at radius 1 is 0.783 bits per heavy atom. The van der Waals surface area contributed by atoms with E-state index >= 15 is 0 Å². The van der Waals surface area contributed by atoms with Crippen LogP contribution in [0.15, 0.2) is 11.6 Å². The van der Waals surface area contributed by atoms with E-state index in [0.29, 0.717) is 6.61 Å². The van der Waals surface area contributed by atoms with Gasteiger partial charge in [0.25, 0.3) is 0 Å². The van der Waals surface area contributed by atoms with Crippen LogP contribution >= 0.6 is 0 Å². The monoisotopic (exact) mass is 324 g/mol. The van der Waals surface area contributed by atoms with Gasteiger partial charge in [-0.2, -0.15) is 0 Å². The molecule has 0 saturated heterocycles. The Morgan fingerprint density at radius 3 is 1.83 bits per heavy atom. The minimum Gasteiger partial charge on any atom is -0.396 e. The van der Waals surface area contributed by atoms with Crippen LogP contribution in [0.1, 0.15) is 105 Å². The van der Waals surface area contributed by atoms with Crippen LogP contribution in [0.4, 0.5) is 0 Å². The zero-order chi connectivity index (χ0) is 17.5. The zero-order valence-electron chi connectivity index (χ0n) is 16.7. The molecule has 0 aliphatic heterocycles. The third-order valence-electron chi connectivity index (χ3n) is 5.00. The average Bonchev–Trinajstić information content (AvgIpc) is 2.47. The molecule has 1 heteroatoms. The zero-order valence-corrected chi connectivity index (χ0v) is 16.7. The molecule has 1 N–H and O–H groups in total. The molecular formula is C22H44O. The van der Waals surface area contributed by atoms with E-state index in [4.69, 9.17) is 5.11 Å². The molecule has 2 unspecified atom stereocenters. The lowest BCUT2D eigenvalue weighted by Gasteiger charge is -2.15. The second-order valence-electron chi connectivity index (χ2n) is 8.27. The minimum atomic E-state index is 0.316. The van der Waals surface area contributed by atoms with Crippen molar-refractivity contribution < 1.29 is 5.11 Å². The van der Waals surface area contributed by atoms with Gasteiger partial charge in [-0.15, -0.1) is 0 Å². The summed E-state index contributed by atoms with van der Waals surface area (Å²) >= 11 is 0. The van der Waals surface area contributed by atoms with Crippen LogP contribution in [0, 0.1) is 17.8 Å². The Balaban J connectivity index is 3.56. The first-order chi connectivity index (χ1) is 11.0. The molecule has 0 aliphatic carbocycles. The molecule has 0 aromatic heterocycles. The van der Waals surface area contributed by atoms with Gasteiger partial charge in [-0.05, 0) is 50.4 Å². The molecule has 0 amide bonds. The number of unbranched alkanes of at least 4 members (excludes halogenated alkanes) is 1. The van der Waals surface area contributed by atoms with Crippen molar-refractivity contribution in [2.24, 2.45) is 17.8 Å². The normalized spacial score (nSPS) is 15.2. The van der Waals surface area contributed by atoms with E-state index in [0.717, 1.165) is 30.6 Å². The Kier molecular flexibility index (Phi) is 15.0. The number of hydrogen-bond acceptors (Lipinski definition) is 1. The van der Waals surface area contributed by atoms with Crippen molar-refractivity contribution in [2.75, 3.05) is 6.61 Å². The highest BCUT2D eigenvalue weighted by molar-refractivity contribution is 4.97. The van der Waals surface area contributed by atoms with Crippen LogP contribution in [0.25, 0.3) is 0 Å². The first-order valence-corrected chi connectivity index (χ1v) is 10.2. The van der Waals surface area contributed by atoms with E-state index in [9.17, 15) is 0 Å². The van der Waals surface area contributed by atoms with Gasteiger partial charge < -0.3 is 5.11 Å². The van der Waals surface area contributed by atoms with Crippen molar-refractivity contribution in [3.05, 3.63) is 11.6 Å². The van der Waals surface area contributed by atoms with Crippen molar-refractivity contribution in [1.82, 2.24) is 0 Å². The van der Waals surface area contributed by atoms with Crippen LogP contribution in [0.5, 0.6) is 0 Å². The molecule has 0 radical (unpaired) electrons. The van der Waals surface area contributed by atoms with Gasteiger partial charge in [0.05, 0.1) is 0 Å². The summed E-state index contributed by atoms with van der Waals surface area (Å²) in [6.45, 7) is 12.1. The third-order valence-corrected chi connectivity index (χ3v) is 5.00. The van der Waals surface area contributed by atoms with Crippen molar-refractivity contribution >= 4 is 0 Å². The van der Waals surface area contributed by atoms with Gasteiger partial charge in [0.1, 0.15) is 0 Å². The Bertz CT molecular complexity index is 280. The summed E-state index contributed by atoms with van der Waals surface area (Å²) in [6.07, 6.45) is 16.6. The molecule has 0 spiro atoms. The highest BCUT2D eigenvalue weighted by Gasteiger charge is 2.06. The first-order valence-electron chi connectivity index (χ1n) is 10.2. The van der Waals surface area contributed by atoms with Crippen LogP contribution < -0.4 is 0 Å². The second kappa shape index (κ2) is 15.2. The Morgan fingerprint density at radius 2 is 1.30 bits per heavy atom. The molecule has 0 saturated carbocycles. The predicted molar refractivity (Wildman–Crippen MR) is 105 cm³/mol. The Hall–Kier alpha value is -0.300. The number of rotatable bonds is 15. The predicted octanol–water partition coefficient (Wildman–Crippen LogP) is 7.14. The molecule has 23 heavy (non-hydrogen) atoms. The van der Waals surface area contributed by atoms with Crippen LogP contribution in [-0.2, 0) is 0 Å². The second-order valence-corrected chi connectivity index (χ2v) is 8.27. The van der Waals surface area contributed by atoms with Crippen molar-refractivity contribution in [3.8, 4) is 0 Å².